The molecule has 3 nitrogen and oxygen atoms in total. The molecule has 2 aromatic rings. The molecule has 0 aliphatic carbocycles. The van der Waals surface area contributed by atoms with Crippen LogP contribution < -0.4 is 10.1 Å². The zero-order valence-corrected chi connectivity index (χ0v) is 13.0. The number of hydrogen-bond donors (Lipinski definition) is 1. The molecule has 0 radical (unpaired) electrons. The summed E-state index contributed by atoms with van der Waals surface area (Å²) in [6, 6.07) is 11.5. The lowest BCUT2D eigenvalue weighted by molar-refractivity contribution is 0.416. The van der Waals surface area contributed by atoms with E-state index in [4.69, 9.17) is 4.74 Å². The van der Waals surface area contributed by atoms with Gasteiger partial charge in [0.25, 0.3) is 0 Å². The summed E-state index contributed by atoms with van der Waals surface area (Å²) in [5.74, 6) is 0.732. The first kappa shape index (κ1) is 13.9. The highest BCUT2D eigenvalue weighted by Gasteiger charge is 2.16. The van der Waals surface area contributed by atoms with Crippen molar-refractivity contribution in [2.45, 2.75) is 13.0 Å². The second-order valence-electron chi connectivity index (χ2n) is 3.96. The predicted octanol–water partition coefficient (Wildman–Crippen LogP) is 4.50. The summed E-state index contributed by atoms with van der Waals surface area (Å²) in [6.07, 6.45) is 0. The van der Waals surface area contributed by atoms with E-state index in [2.05, 4.69) is 27.3 Å². The Kier molecular flexibility index (Phi) is 4.46. The first-order valence-corrected chi connectivity index (χ1v) is 7.31. The number of rotatable bonds is 4. The van der Waals surface area contributed by atoms with Gasteiger partial charge < -0.3 is 10.1 Å². The summed E-state index contributed by atoms with van der Waals surface area (Å²) in [5.41, 5.74) is 0.818. The summed E-state index contributed by atoms with van der Waals surface area (Å²) in [5, 5.41) is 12.6. The summed E-state index contributed by atoms with van der Waals surface area (Å²) in [7, 11) is 1.62. The van der Waals surface area contributed by atoms with Crippen LogP contribution in [-0.2, 0) is 0 Å². The van der Waals surface area contributed by atoms with Gasteiger partial charge in [-0.25, -0.2) is 0 Å². The Morgan fingerprint density at radius 2 is 2.16 bits per heavy atom. The number of nitriles is 1. The van der Waals surface area contributed by atoms with E-state index >= 15 is 0 Å². The Morgan fingerprint density at radius 1 is 1.42 bits per heavy atom. The molecule has 0 aliphatic rings. The number of halogens is 1. The van der Waals surface area contributed by atoms with E-state index in [9.17, 15) is 5.26 Å². The lowest BCUT2D eigenvalue weighted by atomic mass is 10.2. The topological polar surface area (TPSA) is 45.0 Å². The molecular weight excluding hydrogens is 324 g/mol. The minimum Gasteiger partial charge on any atom is -0.495 e. The highest BCUT2D eigenvalue weighted by atomic mass is 79.9. The van der Waals surface area contributed by atoms with Crippen LogP contribution in [0.15, 0.2) is 34.8 Å². The van der Waals surface area contributed by atoms with Gasteiger partial charge in [-0.2, -0.15) is 5.26 Å². The van der Waals surface area contributed by atoms with E-state index in [1.807, 2.05) is 37.3 Å². The van der Waals surface area contributed by atoms with Gasteiger partial charge in [-0.3, -0.25) is 0 Å². The van der Waals surface area contributed by atoms with E-state index in [1.165, 1.54) is 0 Å². The van der Waals surface area contributed by atoms with Crippen molar-refractivity contribution in [1.29, 1.82) is 5.26 Å². The minimum absolute atomic E-state index is 0.383. The Bertz CT molecular complexity index is 599. The molecule has 1 N–H and O–H groups in total. The normalized spacial score (nSPS) is 11.7. The van der Waals surface area contributed by atoms with Crippen molar-refractivity contribution in [3.63, 3.8) is 0 Å². The molecule has 19 heavy (non-hydrogen) atoms. The third-order valence-electron chi connectivity index (χ3n) is 2.70. The highest BCUT2D eigenvalue weighted by molar-refractivity contribution is 9.10. The van der Waals surface area contributed by atoms with E-state index in [1.54, 1.807) is 18.4 Å². The number of benzene rings is 1. The summed E-state index contributed by atoms with van der Waals surface area (Å²) < 4.78 is 6.31. The first-order chi connectivity index (χ1) is 9.15. The molecule has 1 heterocycles. The largest absolute Gasteiger partial charge is 0.495 e. The van der Waals surface area contributed by atoms with E-state index in [0.717, 1.165) is 25.7 Å². The number of hydrogen-bond acceptors (Lipinski definition) is 4. The van der Waals surface area contributed by atoms with Gasteiger partial charge in [0.1, 0.15) is 11.8 Å². The summed E-state index contributed by atoms with van der Waals surface area (Å²) in [4.78, 5) is 2.15. The number of nitrogens with one attached hydrogen (secondary N) is 1. The molecule has 0 amide bonds. The summed E-state index contributed by atoms with van der Waals surface area (Å²) in [6.45, 7) is 2.02. The third kappa shape index (κ3) is 3.09. The third-order valence-corrected chi connectivity index (χ3v) is 4.90. The summed E-state index contributed by atoms with van der Waals surface area (Å²) >= 11 is 5.08. The Balaban J connectivity index is 2.27. The van der Waals surface area contributed by atoms with Crippen LogP contribution in [0.3, 0.4) is 0 Å². The number of aryl methyl sites for hydroxylation is 1. The molecule has 98 valence electrons. The zero-order valence-electron chi connectivity index (χ0n) is 10.6. The van der Waals surface area contributed by atoms with Crippen LogP contribution in [-0.4, -0.2) is 7.11 Å². The van der Waals surface area contributed by atoms with Crippen LogP contribution in [0.2, 0.25) is 0 Å². The van der Waals surface area contributed by atoms with Crippen molar-refractivity contribution in [3.8, 4) is 11.8 Å². The quantitative estimate of drug-likeness (QED) is 0.893. The van der Waals surface area contributed by atoms with Gasteiger partial charge in [0.15, 0.2) is 0 Å². The molecule has 2 rings (SSSR count). The maximum Gasteiger partial charge on any atom is 0.149 e. The second-order valence-corrected chi connectivity index (χ2v) is 6.10. The molecule has 0 spiro atoms. The molecule has 0 saturated carbocycles. The zero-order chi connectivity index (χ0) is 13.8. The first-order valence-electron chi connectivity index (χ1n) is 5.70. The fraction of sp³-hybridized carbons (Fsp3) is 0.214. The number of anilines is 1. The van der Waals surface area contributed by atoms with Crippen molar-refractivity contribution in [1.82, 2.24) is 0 Å². The fourth-order valence-corrected chi connectivity index (χ4v) is 3.27. The molecule has 0 fully saturated rings. The molecule has 0 bridgehead atoms. The number of ether oxygens (including phenoxy) is 1. The molecule has 0 aliphatic heterocycles. The van der Waals surface area contributed by atoms with Gasteiger partial charge in [-0.15, -0.1) is 11.3 Å². The molecule has 1 unspecified atom stereocenters. The van der Waals surface area contributed by atoms with Crippen LogP contribution in [0.1, 0.15) is 15.8 Å². The van der Waals surface area contributed by atoms with Crippen molar-refractivity contribution in [3.05, 3.63) is 44.6 Å². The monoisotopic (exact) mass is 336 g/mol. The maximum absolute atomic E-state index is 9.34. The lowest BCUT2D eigenvalue weighted by Gasteiger charge is -2.14. The Hall–Kier alpha value is -1.51. The average molecular weight is 337 g/mol. The highest BCUT2D eigenvalue weighted by Crippen LogP contribution is 2.34. The van der Waals surface area contributed by atoms with Crippen LogP contribution in [0.5, 0.6) is 5.75 Å². The van der Waals surface area contributed by atoms with E-state index < -0.39 is 0 Å². The predicted molar refractivity (Wildman–Crippen MR) is 81.7 cm³/mol. The van der Waals surface area contributed by atoms with Crippen molar-refractivity contribution < 1.29 is 4.74 Å². The standard InChI is InChI=1S/C14H13BrN2OS/c1-9-10(15)7-14(19-9)12(8-16)17-11-5-3-4-6-13(11)18-2/h3-7,12,17H,1-2H3. The van der Waals surface area contributed by atoms with Crippen LogP contribution >= 0.6 is 27.3 Å². The molecule has 1 atom stereocenters. The van der Waals surface area contributed by atoms with Crippen molar-refractivity contribution in [2.24, 2.45) is 0 Å². The average Bonchev–Trinajstić information content (AvgIpc) is 2.76. The van der Waals surface area contributed by atoms with Crippen molar-refractivity contribution in [2.75, 3.05) is 12.4 Å². The smallest absolute Gasteiger partial charge is 0.149 e. The fourth-order valence-electron chi connectivity index (χ4n) is 1.71. The molecule has 1 aromatic carbocycles. The molecule has 5 heteroatoms. The molecule has 0 saturated heterocycles. The van der Waals surface area contributed by atoms with Gasteiger partial charge in [-0.1, -0.05) is 12.1 Å². The van der Waals surface area contributed by atoms with Gasteiger partial charge in [0.2, 0.25) is 0 Å². The number of nitrogens with zero attached hydrogens (tertiary/aromatic N) is 1. The van der Waals surface area contributed by atoms with Gasteiger partial charge in [0, 0.05) is 14.2 Å². The van der Waals surface area contributed by atoms with Crippen LogP contribution in [0.25, 0.3) is 0 Å². The molecule has 1 aromatic heterocycles. The minimum atomic E-state index is -0.383. The lowest BCUT2D eigenvalue weighted by Crippen LogP contribution is -2.07. The van der Waals surface area contributed by atoms with E-state index in [-0.39, 0.29) is 6.04 Å². The Morgan fingerprint density at radius 3 is 2.74 bits per heavy atom. The van der Waals surface area contributed by atoms with Gasteiger partial charge in [-0.05, 0) is 41.1 Å². The second kappa shape index (κ2) is 6.09. The SMILES string of the molecule is COc1ccccc1NC(C#N)c1cc(Br)c(C)s1. The maximum atomic E-state index is 9.34. The number of thiophene rings is 1. The molecular formula is C14H13BrN2OS. The Labute approximate surface area is 125 Å². The van der Waals surface area contributed by atoms with Crippen molar-refractivity contribution >= 4 is 33.0 Å². The number of methoxy groups -OCH3 is 1. The van der Waals surface area contributed by atoms with Gasteiger partial charge >= 0.3 is 0 Å². The van der Waals surface area contributed by atoms with Gasteiger partial charge in [0.05, 0.1) is 18.9 Å². The van der Waals surface area contributed by atoms with Crippen LogP contribution in [0, 0.1) is 18.3 Å². The van der Waals surface area contributed by atoms with Crippen LogP contribution in [0.4, 0.5) is 5.69 Å². The van der Waals surface area contributed by atoms with E-state index in [0.29, 0.717) is 0 Å². The number of para-hydroxylation sites is 2.